The Labute approximate surface area is 139 Å². The quantitative estimate of drug-likeness (QED) is 0.585. The summed E-state index contributed by atoms with van der Waals surface area (Å²) in [4.78, 5) is 11.9. The van der Waals surface area contributed by atoms with E-state index in [4.69, 9.17) is 0 Å². The molecule has 0 aromatic rings. The summed E-state index contributed by atoms with van der Waals surface area (Å²) in [5.74, 6) is -0.189. The molecule has 0 aromatic heterocycles. The molecule has 2 rings (SSSR count). The summed E-state index contributed by atoms with van der Waals surface area (Å²) in [6.07, 6.45) is 9.15. The molecule has 0 spiro atoms. The van der Waals surface area contributed by atoms with Gasteiger partial charge in [-0.2, -0.15) is 0 Å². The number of hydrogen-bond acceptors (Lipinski definition) is 2. The molecule has 0 aromatic carbocycles. The zero-order chi connectivity index (χ0) is 17.3. The number of hydrogen-bond donors (Lipinski definition) is 2. The lowest BCUT2D eigenvalue weighted by Gasteiger charge is -2.57. The van der Waals surface area contributed by atoms with Crippen molar-refractivity contribution in [2.45, 2.75) is 52.4 Å². The van der Waals surface area contributed by atoms with Gasteiger partial charge in [-0.25, -0.2) is 0 Å². The molecule has 0 unspecified atom stereocenters. The van der Waals surface area contributed by atoms with E-state index in [0.717, 1.165) is 44.1 Å². The number of aliphatic hydroxyl groups is 1. The minimum absolute atomic E-state index is 0.00429. The van der Waals surface area contributed by atoms with Crippen molar-refractivity contribution in [3.05, 3.63) is 36.5 Å². The third-order valence-corrected chi connectivity index (χ3v) is 6.57. The number of aliphatic hydroxyl groups excluding tert-OH is 1. The van der Waals surface area contributed by atoms with Crippen molar-refractivity contribution < 1.29 is 15.0 Å². The fourth-order valence-corrected chi connectivity index (χ4v) is 5.12. The first kappa shape index (κ1) is 18.0. The van der Waals surface area contributed by atoms with Crippen LogP contribution in [-0.4, -0.2) is 22.8 Å². The van der Waals surface area contributed by atoms with E-state index in [1.54, 1.807) is 6.08 Å². The van der Waals surface area contributed by atoms with E-state index in [-0.39, 0.29) is 23.9 Å². The van der Waals surface area contributed by atoms with Gasteiger partial charge in [-0.3, -0.25) is 4.79 Å². The molecule has 2 aliphatic carbocycles. The van der Waals surface area contributed by atoms with Crippen molar-refractivity contribution in [1.29, 1.82) is 0 Å². The molecule has 3 heteroatoms. The second-order valence-corrected chi connectivity index (χ2v) is 7.76. The van der Waals surface area contributed by atoms with E-state index in [2.05, 4.69) is 20.1 Å². The van der Waals surface area contributed by atoms with Gasteiger partial charge in [0.1, 0.15) is 0 Å². The maximum absolute atomic E-state index is 11.9. The minimum atomic E-state index is -0.655. The summed E-state index contributed by atoms with van der Waals surface area (Å²) in [6, 6.07) is 0. The van der Waals surface area contributed by atoms with Crippen molar-refractivity contribution in [1.82, 2.24) is 0 Å². The van der Waals surface area contributed by atoms with Crippen LogP contribution < -0.4 is 0 Å². The average molecular weight is 318 g/mol. The topological polar surface area (TPSA) is 57.5 Å². The van der Waals surface area contributed by atoms with E-state index in [1.807, 2.05) is 13.0 Å². The Morgan fingerprint density at radius 1 is 1.39 bits per heavy atom. The Balaban J connectivity index is 2.35. The van der Waals surface area contributed by atoms with Crippen molar-refractivity contribution in [2.24, 2.45) is 22.7 Å². The first-order valence-electron chi connectivity index (χ1n) is 8.63. The van der Waals surface area contributed by atoms with Crippen LogP contribution in [-0.2, 0) is 4.79 Å². The number of carboxylic acid groups (broad SMARTS) is 1. The highest BCUT2D eigenvalue weighted by Crippen LogP contribution is 2.61. The van der Waals surface area contributed by atoms with Crippen molar-refractivity contribution in [2.75, 3.05) is 6.61 Å². The Bertz CT molecular complexity index is 533. The maximum atomic E-state index is 11.9. The smallest absolute Gasteiger partial charge is 0.309 e. The number of allylic oxidation sites excluding steroid dienone is 2. The lowest BCUT2D eigenvalue weighted by molar-refractivity contribution is -0.164. The van der Waals surface area contributed by atoms with Gasteiger partial charge >= 0.3 is 5.97 Å². The van der Waals surface area contributed by atoms with Crippen LogP contribution in [0.25, 0.3) is 0 Å². The predicted octanol–water partition coefficient (Wildman–Crippen LogP) is 4.34. The molecule has 128 valence electrons. The molecule has 0 bridgehead atoms. The standard InChI is InChI=1S/C20H30O3/c1-5-15(13-21)8-9-16-14(2)7-10-17-19(16,3)11-6-12-20(17,4)18(22)23/h5,8,16-17,21H,1-2,6-7,9-13H2,3-4H3,(H,22,23)/b15-8-/t16-,17-,19+,20-/m0/s1. The van der Waals surface area contributed by atoms with Gasteiger partial charge in [-0.1, -0.05) is 44.2 Å². The van der Waals surface area contributed by atoms with Gasteiger partial charge in [0.2, 0.25) is 0 Å². The number of fused-ring (bicyclic) bond motifs is 1. The van der Waals surface area contributed by atoms with Crippen LogP contribution in [0.15, 0.2) is 36.5 Å². The third kappa shape index (κ3) is 3.03. The monoisotopic (exact) mass is 318 g/mol. The van der Waals surface area contributed by atoms with E-state index in [9.17, 15) is 15.0 Å². The first-order valence-corrected chi connectivity index (χ1v) is 8.63. The Hall–Kier alpha value is -1.35. The third-order valence-electron chi connectivity index (χ3n) is 6.57. The highest BCUT2D eigenvalue weighted by Gasteiger charge is 2.57. The van der Waals surface area contributed by atoms with E-state index in [0.29, 0.717) is 0 Å². The van der Waals surface area contributed by atoms with Crippen LogP contribution in [0.5, 0.6) is 0 Å². The van der Waals surface area contributed by atoms with Crippen LogP contribution in [0.3, 0.4) is 0 Å². The predicted molar refractivity (Wildman–Crippen MR) is 93.0 cm³/mol. The molecule has 0 saturated heterocycles. The molecule has 2 fully saturated rings. The summed E-state index contributed by atoms with van der Waals surface area (Å²) in [7, 11) is 0. The SMILES string of the molecule is C=C/C(=C/C[C@H]1C(=C)CC[C@H]2[C@]1(C)CCC[C@]2(C)C(=O)O)CO. The fourth-order valence-electron chi connectivity index (χ4n) is 5.12. The second kappa shape index (κ2) is 6.64. The number of aliphatic carboxylic acids is 1. The van der Waals surface area contributed by atoms with Gasteiger partial charge < -0.3 is 10.2 Å². The molecule has 4 atom stereocenters. The van der Waals surface area contributed by atoms with Crippen LogP contribution in [0.1, 0.15) is 52.4 Å². The summed E-state index contributed by atoms with van der Waals surface area (Å²) in [6.45, 7) is 12.2. The van der Waals surface area contributed by atoms with Crippen LogP contribution in [0.2, 0.25) is 0 Å². The number of carboxylic acids is 1. The molecule has 0 aliphatic heterocycles. The van der Waals surface area contributed by atoms with Crippen LogP contribution in [0.4, 0.5) is 0 Å². The van der Waals surface area contributed by atoms with Crippen LogP contribution in [0, 0.1) is 22.7 Å². The summed E-state index contributed by atoms with van der Waals surface area (Å²) in [5, 5.41) is 19.2. The number of rotatable bonds is 5. The van der Waals surface area contributed by atoms with Gasteiger partial charge in [-0.05, 0) is 61.9 Å². The molecule has 0 heterocycles. The highest BCUT2D eigenvalue weighted by atomic mass is 16.4. The zero-order valence-corrected chi connectivity index (χ0v) is 14.5. The number of carbonyl (C=O) groups is 1. The lowest BCUT2D eigenvalue weighted by Crippen LogP contribution is -2.53. The summed E-state index contributed by atoms with van der Waals surface area (Å²) < 4.78 is 0. The fraction of sp³-hybridized carbons (Fsp3) is 0.650. The van der Waals surface area contributed by atoms with Gasteiger partial charge in [0.05, 0.1) is 12.0 Å². The van der Waals surface area contributed by atoms with E-state index < -0.39 is 11.4 Å². The molecule has 2 N–H and O–H groups in total. The first-order chi connectivity index (χ1) is 10.8. The molecule has 0 radical (unpaired) electrons. The Kier molecular flexibility index (Phi) is 5.20. The minimum Gasteiger partial charge on any atom is -0.481 e. The van der Waals surface area contributed by atoms with Crippen molar-refractivity contribution >= 4 is 5.97 Å². The zero-order valence-electron chi connectivity index (χ0n) is 14.5. The highest BCUT2D eigenvalue weighted by molar-refractivity contribution is 5.75. The van der Waals surface area contributed by atoms with Crippen LogP contribution >= 0.6 is 0 Å². The maximum Gasteiger partial charge on any atom is 0.309 e. The Morgan fingerprint density at radius 2 is 2.09 bits per heavy atom. The van der Waals surface area contributed by atoms with E-state index in [1.165, 1.54) is 5.57 Å². The second-order valence-electron chi connectivity index (χ2n) is 7.76. The molecule has 0 amide bonds. The van der Waals surface area contributed by atoms with Gasteiger partial charge in [-0.15, -0.1) is 0 Å². The van der Waals surface area contributed by atoms with Gasteiger partial charge in [0.15, 0.2) is 0 Å². The summed E-state index contributed by atoms with van der Waals surface area (Å²) in [5.41, 5.74) is 1.41. The van der Waals surface area contributed by atoms with Crippen molar-refractivity contribution in [3.8, 4) is 0 Å². The lowest BCUT2D eigenvalue weighted by atomic mass is 9.46. The normalized spacial score (nSPS) is 38.0. The van der Waals surface area contributed by atoms with Gasteiger partial charge in [0.25, 0.3) is 0 Å². The summed E-state index contributed by atoms with van der Waals surface area (Å²) >= 11 is 0. The molecule has 3 nitrogen and oxygen atoms in total. The Morgan fingerprint density at radius 3 is 2.65 bits per heavy atom. The van der Waals surface area contributed by atoms with Gasteiger partial charge in [0, 0.05) is 0 Å². The molecule has 2 saturated carbocycles. The van der Waals surface area contributed by atoms with Crippen molar-refractivity contribution in [3.63, 3.8) is 0 Å². The molecule has 23 heavy (non-hydrogen) atoms. The largest absolute Gasteiger partial charge is 0.481 e. The van der Waals surface area contributed by atoms with E-state index >= 15 is 0 Å². The molecular formula is C20H30O3. The average Bonchev–Trinajstić information content (AvgIpc) is 2.50. The molecular weight excluding hydrogens is 288 g/mol. The molecule has 2 aliphatic rings.